The highest BCUT2D eigenvalue weighted by atomic mass is 19.4. The number of nitrogens with one attached hydrogen (secondary N) is 2. The quantitative estimate of drug-likeness (QED) is 0.890. The van der Waals surface area contributed by atoms with Crippen LogP contribution in [0.5, 0.6) is 0 Å². The van der Waals surface area contributed by atoms with Gasteiger partial charge >= 0.3 is 6.18 Å². The normalized spacial score (nSPS) is 11.1. The van der Waals surface area contributed by atoms with Crippen molar-refractivity contribution in [1.82, 2.24) is 4.98 Å². The van der Waals surface area contributed by atoms with E-state index in [0.29, 0.717) is 23.6 Å². The number of aromatic nitrogens is 1. The van der Waals surface area contributed by atoms with Gasteiger partial charge < -0.3 is 10.6 Å². The van der Waals surface area contributed by atoms with Crippen molar-refractivity contribution in [3.05, 3.63) is 48.2 Å². The summed E-state index contributed by atoms with van der Waals surface area (Å²) in [6.07, 6.45) is -2.61. The Morgan fingerprint density at radius 1 is 1.18 bits per heavy atom. The van der Waals surface area contributed by atoms with Gasteiger partial charge in [0.1, 0.15) is 5.82 Å². The maximum atomic E-state index is 12.6. The number of rotatable bonds is 4. The third kappa shape index (κ3) is 4.21. The first-order valence-electron chi connectivity index (χ1n) is 6.58. The summed E-state index contributed by atoms with van der Waals surface area (Å²) < 4.78 is 37.9. The Hall–Kier alpha value is -2.57. The minimum atomic E-state index is -4.38. The number of hydrogen-bond donors (Lipinski definition) is 2. The molecule has 4 nitrogen and oxygen atoms in total. The third-order valence-electron chi connectivity index (χ3n) is 2.83. The molecule has 0 aliphatic rings. The van der Waals surface area contributed by atoms with Crippen molar-refractivity contribution in [2.45, 2.75) is 19.5 Å². The molecule has 2 rings (SSSR count). The minimum Gasteiger partial charge on any atom is -0.354 e. The average Bonchev–Trinajstić information content (AvgIpc) is 2.48. The van der Waals surface area contributed by atoms with E-state index in [2.05, 4.69) is 15.6 Å². The standard InChI is InChI=1S/C15H14F3N3O/c1-2-14(22)21-13-7-6-12(9-19-13)20-11-5-3-4-10(8-11)15(16,17)18/h3-9,20H,2H2,1H3,(H,19,21,22). The highest BCUT2D eigenvalue weighted by molar-refractivity contribution is 5.89. The van der Waals surface area contributed by atoms with E-state index in [1.54, 1.807) is 19.1 Å². The van der Waals surface area contributed by atoms with Gasteiger partial charge in [-0.2, -0.15) is 13.2 Å². The fourth-order valence-electron chi connectivity index (χ4n) is 1.71. The van der Waals surface area contributed by atoms with Crippen LogP contribution in [0.1, 0.15) is 18.9 Å². The Labute approximate surface area is 125 Å². The van der Waals surface area contributed by atoms with Crippen LogP contribution in [0.3, 0.4) is 0 Å². The Bertz CT molecular complexity index is 654. The Kier molecular flexibility index (Phi) is 4.65. The zero-order valence-electron chi connectivity index (χ0n) is 11.7. The number of pyridine rings is 1. The minimum absolute atomic E-state index is 0.161. The second kappa shape index (κ2) is 6.46. The van der Waals surface area contributed by atoms with Gasteiger partial charge in [0.05, 0.1) is 17.4 Å². The zero-order chi connectivity index (χ0) is 16.2. The summed E-state index contributed by atoms with van der Waals surface area (Å²) in [6.45, 7) is 1.72. The van der Waals surface area contributed by atoms with Crippen LogP contribution in [0.25, 0.3) is 0 Å². The highest BCUT2D eigenvalue weighted by Gasteiger charge is 2.30. The molecule has 7 heteroatoms. The van der Waals surface area contributed by atoms with E-state index in [1.807, 2.05) is 0 Å². The van der Waals surface area contributed by atoms with E-state index < -0.39 is 11.7 Å². The molecule has 0 fully saturated rings. The van der Waals surface area contributed by atoms with Crippen molar-refractivity contribution < 1.29 is 18.0 Å². The summed E-state index contributed by atoms with van der Waals surface area (Å²) in [5, 5.41) is 5.42. The molecule has 0 unspecified atom stereocenters. The lowest BCUT2D eigenvalue weighted by atomic mass is 10.2. The summed E-state index contributed by atoms with van der Waals surface area (Å²) in [6, 6.07) is 8.08. The van der Waals surface area contributed by atoms with Crippen molar-refractivity contribution >= 4 is 23.1 Å². The molecule has 0 saturated heterocycles. The molecule has 0 bridgehead atoms. The van der Waals surface area contributed by atoms with E-state index in [0.717, 1.165) is 12.1 Å². The first-order valence-corrected chi connectivity index (χ1v) is 6.58. The molecule has 1 aromatic carbocycles. The third-order valence-corrected chi connectivity index (χ3v) is 2.83. The number of halogens is 3. The van der Waals surface area contributed by atoms with Crippen LogP contribution in [0.2, 0.25) is 0 Å². The molecule has 0 aliphatic carbocycles. The number of anilines is 3. The lowest BCUT2D eigenvalue weighted by Gasteiger charge is -2.11. The van der Waals surface area contributed by atoms with Crippen LogP contribution in [0, 0.1) is 0 Å². The van der Waals surface area contributed by atoms with Crippen molar-refractivity contribution in [2.75, 3.05) is 10.6 Å². The number of hydrogen-bond acceptors (Lipinski definition) is 3. The van der Waals surface area contributed by atoms with Gasteiger partial charge in [-0.1, -0.05) is 13.0 Å². The van der Waals surface area contributed by atoms with Crippen LogP contribution < -0.4 is 10.6 Å². The molecular formula is C15H14F3N3O. The summed E-state index contributed by atoms with van der Waals surface area (Å²) in [4.78, 5) is 15.2. The molecule has 0 saturated carbocycles. The number of nitrogens with zero attached hydrogens (tertiary/aromatic N) is 1. The fraction of sp³-hybridized carbons (Fsp3) is 0.200. The van der Waals surface area contributed by atoms with Gasteiger partial charge in [-0.3, -0.25) is 4.79 Å². The molecule has 116 valence electrons. The van der Waals surface area contributed by atoms with E-state index in [-0.39, 0.29) is 5.91 Å². The van der Waals surface area contributed by atoms with E-state index in [4.69, 9.17) is 0 Å². The van der Waals surface area contributed by atoms with Gasteiger partial charge in [-0.25, -0.2) is 4.98 Å². The second-order valence-corrected chi connectivity index (χ2v) is 4.54. The first-order chi connectivity index (χ1) is 10.4. The second-order valence-electron chi connectivity index (χ2n) is 4.54. The number of amides is 1. The molecule has 2 aromatic rings. The Balaban J connectivity index is 2.09. The van der Waals surface area contributed by atoms with Crippen molar-refractivity contribution in [2.24, 2.45) is 0 Å². The summed E-state index contributed by atoms with van der Waals surface area (Å²) in [7, 11) is 0. The Morgan fingerprint density at radius 2 is 1.95 bits per heavy atom. The number of alkyl halides is 3. The van der Waals surface area contributed by atoms with Gasteiger partial charge in [0.2, 0.25) is 5.91 Å². The lowest BCUT2D eigenvalue weighted by molar-refractivity contribution is -0.137. The number of carbonyl (C=O) groups is 1. The average molecular weight is 309 g/mol. The topological polar surface area (TPSA) is 54.0 Å². The highest BCUT2D eigenvalue weighted by Crippen LogP contribution is 2.31. The van der Waals surface area contributed by atoms with Gasteiger partial charge in [-0.15, -0.1) is 0 Å². The van der Waals surface area contributed by atoms with Crippen molar-refractivity contribution in [1.29, 1.82) is 0 Å². The van der Waals surface area contributed by atoms with Crippen LogP contribution in [0.4, 0.5) is 30.4 Å². The van der Waals surface area contributed by atoms with E-state index in [9.17, 15) is 18.0 Å². The van der Waals surface area contributed by atoms with Crippen molar-refractivity contribution in [3.8, 4) is 0 Å². The van der Waals surface area contributed by atoms with Crippen LogP contribution in [0.15, 0.2) is 42.6 Å². The van der Waals surface area contributed by atoms with Crippen LogP contribution in [-0.2, 0) is 11.0 Å². The predicted octanol–water partition coefficient (Wildman–Crippen LogP) is 4.19. The van der Waals surface area contributed by atoms with E-state index in [1.165, 1.54) is 18.3 Å². The SMILES string of the molecule is CCC(=O)Nc1ccc(Nc2cccc(C(F)(F)F)c2)cn1. The van der Waals surface area contributed by atoms with Gasteiger partial charge in [0, 0.05) is 12.1 Å². The molecule has 22 heavy (non-hydrogen) atoms. The maximum absolute atomic E-state index is 12.6. The fourth-order valence-corrected chi connectivity index (χ4v) is 1.71. The monoisotopic (exact) mass is 309 g/mol. The summed E-state index contributed by atoms with van der Waals surface area (Å²) in [5.74, 6) is 0.229. The van der Waals surface area contributed by atoms with Crippen LogP contribution in [-0.4, -0.2) is 10.9 Å². The molecule has 0 radical (unpaired) electrons. The van der Waals surface area contributed by atoms with E-state index >= 15 is 0 Å². The largest absolute Gasteiger partial charge is 0.416 e. The summed E-state index contributed by atoms with van der Waals surface area (Å²) >= 11 is 0. The van der Waals surface area contributed by atoms with Crippen LogP contribution >= 0.6 is 0 Å². The molecule has 1 aromatic heterocycles. The molecule has 1 amide bonds. The molecular weight excluding hydrogens is 295 g/mol. The lowest BCUT2D eigenvalue weighted by Crippen LogP contribution is -2.10. The van der Waals surface area contributed by atoms with Gasteiger partial charge in [-0.05, 0) is 30.3 Å². The zero-order valence-corrected chi connectivity index (χ0v) is 11.7. The molecule has 0 aliphatic heterocycles. The van der Waals surface area contributed by atoms with Gasteiger partial charge in [0.15, 0.2) is 0 Å². The van der Waals surface area contributed by atoms with Gasteiger partial charge in [0.25, 0.3) is 0 Å². The molecule has 0 atom stereocenters. The molecule has 0 spiro atoms. The summed E-state index contributed by atoms with van der Waals surface area (Å²) in [5.41, 5.74) is 0.105. The predicted molar refractivity (Wildman–Crippen MR) is 77.9 cm³/mol. The molecule has 2 N–H and O–H groups in total. The van der Waals surface area contributed by atoms with Crippen molar-refractivity contribution in [3.63, 3.8) is 0 Å². The maximum Gasteiger partial charge on any atom is 0.416 e. The Morgan fingerprint density at radius 3 is 2.55 bits per heavy atom. The first kappa shape index (κ1) is 15.8. The number of benzene rings is 1. The number of carbonyl (C=O) groups excluding carboxylic acids is 1. The molecule has 1 heterocycles. The smallest absolute Gasteiger partial charge is 0.354 e.